The van der Waals surface area contributed by atoms with Gasteiger partial charge in [0.2, 0.25) is 10.0 Å². The Morgan fingerprint density at radius 3 is 2.47 bits per heavy atom. The Balaban J connectivity index is 2.79. The van der Waals surface area contributed by atoms with Crippen LogP contribution in [0.1, 0.15) is 44.7 Å². The lowest BCUT2D eigenvalue weighted by Gasteiger charge is -2.25. The van der Waals surface area contributed by atoms with Crippen molar-refractivity contribution >= 4 is 10.0 Å². The second kappa shape index (κ2) is 6.50. The molecule has 0 saturated heterocycles. The van der Waals surface area contributed by atoms with Gasteiger partial charge in [0.1, 0.15) is 0 Å². The van der Waals surface area contributed by atoms with Crippen LogP contribution >= 0.6 is 0 Å². The molecule has 5 heteroatoms. The van der Waals surface area contributed by atoms with E-state index in [2.05, 4.69) is 4.72 Å². The zero-order valence-corrected chi connectivity index (χ0v) is 12.6. The quantitative estimate of drug-likeness (QED) is 0.807. The second-order valence-electron chi connectivity index (χ2n) is 5.47. The molecule has 4 nitrogen and oxygen atoms in total. The summed E-state index contributed by atoms with van der Waals surface area (Å²) in [6, 6.07) is 7.00. The highest BCUT2D eigenvalue weighted by molar-refractivity contribution is 7.88. The molecule has 2 N–H and O–H groups in total. The molecule has 0 aliphatic rings. The average Bonchev–Trinajstić information content (AvgIpc) is 2.26. The Morgan fingerprint density at radius 2 is 1.89 bits per heavy atom. The molecule has 0 radical (unpaired) electrons. The summed E-state index contributed by atoms with van der Waals surface area (Å²) in [6.45, 7) is 5.72. The van der Waals surface area contributed by atoms with Gasteiger partial charge in [-0.05, 0) is 31.4 Å². The van der Waals surface area contributed by atoms with Crippen molar-refractivity contribution in [1.82, 2.24) is 4.72 Å². The summed E-state index contributed by atoms with van der Waals surface area (Å²) in [5.74, 6) is -0.0615. The van der Waals surface area contributed by atoms with Crippen molar-refractivity contribution in [3.05, 3.63) is 35.4 Å². The van der Waals surface area contributed by atoms with E-state index in [0.717, 1.165) is 18.4 Å². The van der Waals surface area contributed by atoms with Gasteiger partial charge < -0.3 is 5.11 Å². The van der Waals surface area contributed by atoms with E-state index in [1.165, 1.54) is 0 Å². The first-order chi connectivity index (χ1) is 8.78. The highest BCUT2D eigenvalue weighted by atomic mass is 32.2. The summed E-state index contributed by atoms with van der Waals surface area (Å²) in [5, 5.41) is 9.05. The van der Waals surface area contributed by atoms with Crippen molar-refractivity contribution in [1.29, 1.82) is 0 Å². The number of hydrogen-bond donors (Lipinski definition) is 2. The minimum atomic E-state index is -3.37. The van der Waals surface area contributed by atoms with Gasteiger partial charge >= 0.3 is 0 Å². The van der Waals surface area contributed by atoms with Gasteiger partial charge in [-0.25, -0.2) is 13.1 Å². The van der Waals surface area contributed by atoms with Crippen molar-refractivity contribution in [3.63, 3.8) is 0 Å². The van der Waals surface area contributed by atoms with E-state index in [1.54, 1.807) is 24.3 Å². The Kier molecular flexibility index (Phi) is 5.52. The normalized spacial score (nSPS) is 12.6. The molecule has 1 aromatic carbocycles. The molecular weight excluding hydrogens is 262 g/mol. The molecule has 0 bridgehead atoms. The van der Waals surface area contributed by atoms with Crippen LogP contribution < -0.4 is 4.72 Å². The van der Waals surface area contributed by atoms with Crippen LogP contribution in [0, 0.1) is 0 Å². The standard InChI is InChI=1S/C14H23NO3S/c1-4-8-14(2,3)15-19(17,18)11-13-7-5-6-12(9-13)10-16/h5-7,9,15-16H,4,8,10-11H2,1-3H3. The lowest BCUT2D eigenvalue weighted by molar-refractivity contribution is 0.281. The molecule has 0 fully saturated rings. The molecule has 0 amide bonds. The van der Waals surface area contributed by atoms with Crippen LogP contribution in [-0.4, -0.2) is 19.1 Å². The molecule has 0 saturated carbocycles. The van der Waals surface area contributed by atoms with E-state index in [0.29, 0.717) is 5.56 Å². The highest BCUT2D eigenvalue weighted by Crippen LogP contribution is 2.15. The monoisotopic (exact) mass is 285 g/mol. The lowest BCUT2D eigenvalue weighted by atomic mass is 10.0. The van der Waals surface area contributed by atoms with Gasteiger partial charge in [0.25, 0.3) is 0 Å². The maximum Gasteiger partial charge on any atom is 0.216 e. The third kappa shape index (κ3) is 5.72. The number of benzene rings is 1. The molecule has 0 aliphatic heterocycles. The Hall–Kier alpha value is -0.910. The van der Waals surface area contributed by atoms with Crippen molar-refractivity contribution < 1.29 is 13.5 Å². The van der Waals surface area contributed by atoms with Gasteiger partial charge in [-0.15, -0.1) is 0 Å². The van der Waals surface area contributed by atoms with Crippen molar-refractivity contribution in [2.75, 3.05) is 0 Å². The summed E-state index contributed by atoms with van der Waals surface area (Å²) in [6.07, 6.45) is 1.72. The van der Waals surface area contributed by atoms with Crippen molar-refractivity contribution in [3.8, 4) is 0 Å². The molecule has 19 heavy (non-hydrogen) atoms. The van der Waals surface area contributed by atoms with E-state index in [-0.39, 0.29) is 12.4 Å². The zero-order valence-electron chi connectivity index (χ0n) is 11.8. The molecule has 1 rings (SSSR count). The molecular formula is C14H23NO3S. The number of hydrogen-bond acceptors (Lipinski definition) is 3. The van der Waals surface area contributed by atoms with Crippen molar-refractivity contribution in [2.45, 2.75) is 51.5 Å². The fourth-order valence-corrected chi connectivity index (χ4v) is 3.80. The minimum absolute atomic E-state index is 0.0615. The highest BCUT2D eigenvalue weighted by Gasteiger charge is 2.24. The van der Waals surface area contributed by atoms with E-state index >= 15 is 0 Å². The third-order valence-electron chi connectivity index (χ3n) is 2.84. The molecule has 1 aromatic rings. The summed E-state index contributed by atoms with van der Waals surface area (Å²) >= 11 is 0. The first-order valence-electron chi connectivity index (χ1n) is 6.48. The van der Waals surface area contributed by atoms with E-state index in [4.69, 9.17) is 5.11 Å². The molecule has 0 heterocycles. The molecule has 0 aromatic heterocycles. The van der Waals surface area contributed by atoms with Crippen molar-refractivity contribution in [2.24, 2.45) is 0 Å². The third-order valence-corrected chi connectivity index (χ3v) is 4.41. The SMILES string of the molecule is CCCC(C)(C)NS(=O)(=O)Cc1cccc(CO)c1. The molecule has 0 unspecified atom stereocenters. The molecule has 108 valence electrons. The maximum atomic E-state index is 12.1. The summed E-state index contributed by atoms with van der Waals surface area (Å²) < 4.78 is 27.0. The fraction of sp³-hybridized carbons (Fsp3) is 0.571. The summed E-state index contributed by atoms with van der Waals surface area (Å²) in [5.41, 5.74) is 0.981. The van der Waals surface area contributed by atoms with Crippen LogP contribution in [0.5, 0.6) is 0 Å². The molecule has 0 aliphatic carbocycles. The van der Waals surface area contributed by atoms with Gasteiger partial charge in [-0.1, -0.05) is 37.6 Å². The van der Waals surface area contributed by atoms with Crippen LogP contribution in [0.3, 0.4) is 0 Å². The molecule has 0 spiro atoms. The fourth-order valence-electron chi connectivity index (χ4n) is 2.17. The predicted molar refractivity (Wildman–Crippen MR) is 77.1 cm³/mol. The van der Waals surface area contributed by atoms with Crippen LogP contribution in [-0.2, 0) is 22.4 Å². The van der Waals surface area contributed by atoms with Gasteiger partial charge in [0.15, 0.2) is 0 Å². The Labute approximate surface area is 115 Å². The van der Waals surface area contributed by atoms with E-state index in [9.17, 15) is 8.42 Å². The lowest BCUT2D eigenvalue weighted by Crippen LogP contribution is -2.43. The first kappa shape index (κ1) is 16.1. The minimum Gasteiger partial charge on any atom is -0.392 e. The second-order valence-corrected chi connectivity index (χ2v) is 7.20. The predicted octanol–water partition coefficient (Wildman–Crippen LogP) is 2.18. The van der Waals surface area contributed by atoms with Crippen LogP contribution in [0.25, 0.3) is 0 Å². The number of aliphatic hydroxyl groups excluding tert-OH is 1. The van der Waals surface area contributed by atoms with E-state index < -0.39 is 15.6 Å². The smallest absolute Gasteiger partial charge is 0.216 e. The number of sulfonamides is 1. The first-order valence-corrected chi connectivity index (χ1v) is 8.13. The largest absolute Gasteiger partial charge is 0.392 e. The number of aliphatic hydroxyl groups is 1. The van der Waals surface area contributed by atoms with Gasteiger partial charge in [0, 0.05) is 5.54 Å². The number of rotatable bonds is 7. The van der Waals surface area contributed by atoms with Crippen LogP contribution in [0.4, 0.5) is 0 Å². The number of nitrogens with one attached hydrogen (secondary N) is 1. The Bertz CT molecular complexity index is 509. The summed E-state index contributed by atoms with van der Waals surface area (Å²) in [7, 11) is -3.37. The average molecular weight is 285 g/mol. The van der Waals surface area contributed by atoms with Gasteiger partial charge in [0.05, 0.1) is 12.4 Å². The Morgan fingerprint density at radius 1 is 1.26 bits per heavy atom. The van der Waals surface area contributed by atoms with Gasteiger partial charge in [-0.3, -0.25) is 0 Å². The maximum absolute atomic E-state index is 12.1. The topological polar surface area (TPSA) is 66.4 Å². The summed E-state index contributed by atoms with van der Waals surface area (Å²) in [4.78, 5) is 0. The van der Waals surface area contributed by atoms with Crippen LogP contribution in [0.2, 0.25) is 0 Å². The van der Waals surface area contributed by atoms with Gasteiger partial charge in [-0.2, -0.15) is 0 Å². The van der Waals surface area contributed by atoms with Crippen LogP contribution in [0.15, 0.2) is 24.3 Å². The van der Waals surface area contributed by atoms with E-state index in [1.807, 2.05) is 20.8 Å². The molecule has 0 atom stereocenters. The zero-order chi connectivity index (χ0) is 14.5.